The number of hydrogen-bond acceptors (Lipinski definition) is 4. The van der Waals surface area contributed by atoms with Crippen LogP contribution in [-0.4, -0.2) is 17.0 Å². The van der Waals surface area contributed by atoms with E-state index in [1.165, 1.54) is 6.08 Å². The Morgan fingerprint density at radius 1 is 1.15 bits per heavy atom. The van der Waals surface area contributed by atoms with Crippen molar-refractivity contribution in [2.24, 2.45) is 0 Å². The van der Waals surface area contributed by atoms with E-state index in [0.717, 1.165) is 17.5 Å². The number of carbonyl (C=O) groups excluding carboxylic acids is 1. The van der Waals surface area contributed by atoms with E-state index in [0.29, 0.717) is 29.0 Å². The summed E-state index contributed by atoms with van der Waals surface area (Å²) in [6.45, 7) is 7.92. The molecule has 0 spiro atoms. The molecule has 0 amide bonds. The molecule has 2 rings (SSSR count). The van der Waals surface area contributed by atoms with E-state index in [1.807, 2.05) is 33.8 Å². The first kappa shape index (κ1) is 19.6. The maximum Gasteiger partial charge on any atom is 0.185 e. The SMILES string of the molecule is CCc1cc(CC)c(OC(C)C)c(/C=C/C(=O)c2ccc(N)cc2)c1O. The number of phenols is 1. The van der Waals surface area contributed by atoms with Gasteiger partial charge in [-0.15, -0.1) is 0 Å². The quantitative estimate of drug-likeness (QED) is 0.427. The van der Waals surface area contributed by atoms with Crippen molar-refractivity contribution in [3.63, 3.8) is 0 Å². The second kappa shape index (κ2) is 8.56. The molecule has 0 atom stereocenters. The topological polar surface area (TPSA) is 72.5 Å². The van der Waals surface area contributed by atoms with Crippen molar-refractivity contribution in [3.05, 3.63) is 58.7 Å². The van der Waals surface area contributed by atoms with Crippen LogP contribution in [-0.2, 0) is 12.8 Å². The third-order valence-electron chi connectivity index (χ3n) is 4.16. The normalized spacial score (nSPS) is 11.3. The van der Waals surface area contributed by atoms with Crippen LogP contribution in [0, 0.1) is 0 Å². The summed E-state index contributed by atoms with van der Waals surface area (Å²) < 4.78 is 5.96. The summed E-state index contributed by atoms with van der Waals surface area (Å²) in [7, 11) is 0. The van der Waals surface area contributed by atoms with E-state index in [2.05, 4.69) is 0 Å². The zero-order valence-electron chi connectivity index (χ0n) is 15.9. The Hall–Kier alpha value is -2.75. The molecule has 0 aliphatic carbocycles. The van der Waals surface area contributed by atoms with E-state index in [1.54, 1.807) is 30.3 Å². The fourth-order valence-corrected chi connectivity index (χ4v) is 2.76. The monoisotopic (exact) mass is 353 g/mol. The molecule has 0 saturated carbocycles. The summed E-state index contributed by atoms with van der Waals surface area (Å²) in [4.78, 5) is 12.4. The van der Waals surface area contributed by atoms with Gasteiger partial charge in [0.05, 0.1) is 11.7 Å². The van der Waals surface area contributed by atoms with Crippen LogP contribution in [0.5, 0.6) is 11.5 Å². The maximum absolute atomic E-state index is 12.4. The molecule has 0 aliphatic rings. The minimum atomic E-state index is -0.153. The summed E-state index contributed by atoms with van der Waals surface area (Å²) >= 11 is 0. The Morgan fingerprint density at radius 2 is 1.77 bits per heavy atom. The standard InChI is InChI=1S/C22H27NO3/c1-5-15-13-16(6-2)22(26-14(3)4)19(21(15)25)11-12-20(24)17-7-9-18(23)10-8-17/h7-14,25H,5-6,23H2,1-4H3/b12-11+. The fraction of sp³-hybridized carbons (Fsp3) is 0.318. The van der Waals surface area contributed by atoms with Gasteiger partial charge >= 0.3 is 0 Å². The molecule has 2 aromatic carbocycles. The van der Waals surface area contributed by atoms with Crippen molar-refractivity contribution < 1.29 is 14.6 Å². The average Bonchev–Trinajstić information content (AvgIpc) is 2.61. The number of nitrogens with two attached hydrogens (primary N) is 1. The number of carbonyl (C=O) groups is 1. The summed E-state index contributed by atoms with van der Waals surface area (Å²) in [6.07, 6.45) is 4.55. The molecular weight excluding hydrogens is 326 g/mol. The van der Waals surface area contributed by atoms with E-state index in [-0.39, 0.29) is 17.6 Å². The molecule has 0 unspecified atom stereocenters. The smallest absolute Gasteiger partial charge is 0.185 e. The fourth-order valence-electron chi connectivity index (χ4n) is 2.76. The zero-order chi connectivity index (χ0) is 19.3. The van der Waals surface area contributed by atoms with Gasteiger partial charge in [-0.25, -0.2) is 0 Å². The lowest BCUT2D eigenvalue weighted by molar-refractivity contribution is 0.104. The average molecular weight is 353 g/mol. The predicted octanol–water partition coefficient (Wildman–Crippen LogP) is 4.78. The van der Waals surface area contributed by atoms with Crippen LogP contribution < -0.4 is 10.5 Å². The van der Waals surface area contributed by atoms with Crippen LogP contribution in [0.15, 0.2) is 36.4 Å². The molecule has 4 nitrogen and oxygen atoms in total. The number of aromatic hydroxyl groups is 1. The van der Waals surface area contributed by atoms with Crippen molar-refractivity contribution >= 4 is 17.5 Å². The molecule has 0 heterocycles. The van der Waals surface area contributed by atoms with E-state index >= 15 is 0 Å². The van der Waals surface area contributed by atoms with Gasteiger partial charge in [-0.3, -0.25) is 4.79 Å². The molecule has 138 valence electrons. The molecule has 26 heavy (non-hydrogen) atoms. The van der Waals surface area contributed by atoms with Gasteiger partial charge in [-0.1, -0.05) is 13.8 Å². The number of anilines is 1. The zero-order valence-corrected chi connectivity index (χ0v) is 15.9. The van der Waals surface area contributed by atoms with Crippen molar-refractivity contribution in [2.45, 2.75) is 46.6 Å². The third kappa shape index (κ3) is 4.45. The molecule has 0 aliphatic heterocycles. The number of ether oxygens (including phenoxy) is 1. The van der Waals surface area contributed by atoms with Crippen LogP contribution in [0.2, 0.25) is 0 Å². The molecule has 0 bridgehead atoms. The number of ketones is 1. The van der Waals surface area contributed by atoms with Crippen molar-refractivity contribution in [1.82, 2.24) is 0 Å². The minimum absolute atomic E-state index is 0.0351. The van der Waals surface area contributed by atoms with Crippen LogP contribution in [0.1, 0.15) is 54.7 Å². The number of aryl methyl sites for hydroxylation is 2. The summed E-state index contributed by atoms with van der Waals surface area (Å²) in [5, 5.41) is 10.7. The summed E-state index contributed by atoms with van der Waals surface area (Å²) in [5.74, 6) is 0.653. The van der Waals surface area contributed by atoms with E-state index < -0.39 is 0 Å². The highest BCUT2D eigenvalue weighted by Gasteiger charge is 2.17. The maximum atomic E-state index is 12.4. The van der Waals surface area contributed by atoms with Gasteiger partial charge in [0, 0.05) is 11.3 Å². The van der Waals surface area contributed by atoms with Crippen molar-refractivity contribution in [2.75, 3.05) is 5.73 Å². The van der Waals surface area contributed by atoms with Crippen molar-refractivity contribution in [3.8, 4) is 11.5 Å². The van der Waals surface area contributed by atoms with Gasteiger partial charge in [0.15, 0.2) is 5.78 Å². The van der Waals surface area contributed by atoms with Gasteiger partial charge in [0.2, 0.25) is 0 Å². The molecule has 0 aromatic heterocycles. The lowest BCUT2D eigenvalue weighted by atomic mass is 9.98. The first-order chi connectivity index (χ1) is 12.4. The predicted molar refractivity (Wildman–Crippen MR) is 107 cm³/mol. The highest BCUT2D eigenvalue weighted by Crippen LogP contribution is 2.37. The lowest BCUT2D eigenvalue weighted by Crippen LogP contribution is -2.09. The largest absolute Gasteiger partial charge is 0.507 e. The first-order valence-electron chi connectivity index (χ1n) is 8.99. The molecular formula is C22H27NO3. The van der Waals surface area contributed by atoms with E-state index in [4.69, 9.17) is 10.5 Å². The first-order valence-corrected chi connectivity index (χ1v) is 8.99. The second-order valence-corrected chi connectivity index (χ2v) is 6.48. The van der Waals surface area contributed by atoms with Gasteiger partial charge in [-0.05, 0) is 80.3 Å². The van der Waals surface area contributed by atoms with Crippen LogP contribution in [0.3, 0.4) is 0 Å². The van der Waals surface area contributed by atoms with Gasteiger partial charge in [0.25, 0.3) is 0 Å². The third-order valence-corrected chi connectivity index (χ3v) is 4.16. The highest BCUT2D eigenvalue weighted by atomic mass is 16.5. The van der Waals surface area contributed by atoms with Crippen LogP contribution in [0.4, 0.5) is 5.69 Å². The molecule has 3 N–H and O–H groups in total. The Labute approximate surface area is 155 Å². The number of phenolic OH excluding ortho intramolecular Hbond substituents is 1. The van der Waals surface area contributed by atoms with Gasteiger partial charge < -0.3 is 15.6 Å². The Kier molecular flexibility index (Phi) is 6.45. The number of nitrogen functional groups attached to an aromatic ring is 1. The highest BCUT2D eigenvalue weighted by molar-refractivity contribution is 6.07. The van der Waals surface area contributed by atoms with Crippen LogP contribution in [0.25, 0.3) is 6.08 Å². The summed E-state index contributed by atoms with van der Waals surface area (Å²) in [6, 6.07) is 8.74. The second-order valence-electron chi connectivity index (χ2n) is 6.48. The Morgan fingerprint density at radius 3 is 2.31 bits per heavy atom. The number of rotatable bonds is 7. The molecule has 0 radical (unpaired) electrons. The molecule has 0 saturated heterocycles. The van der Waals surface area contributed by atoms with Crippen LogP contribution >= 0.6 is 0 Å². The van der Waals surface area contributed by atoms with Crippen molar-refractivity contribution in [1.29, 1.82) is 0 Å². The molecule has 4 heteroatoms. The lowest BCUT2D eigenvalue weighted by Gasteiger charge is -2.19. The van der Waals surface area contributed by atoms with Gasteiger partial charge in [-0.2, -0.15) is 0 Å². The Balaban J connectivity index is 2.48. The molecule has 0 fully saturated rings. The number of hydrogen-bond donors (Lipinski definition) is 2. The summed E-state index contributed by atoms with van der Waals surface area (Å²) in [5.41, 5.74) is 9.24. The number of allylic oxidation sites excluding steroid dienone is 1. The molecule has 2 aromatic rings. The van der Waals surface area contributed by atoms with Gasteiger partial charge in [0.1, 0.15) is 11.5 Å². The minimum Gasteiger partial charge on any atom is -0.507 e. The number of benzene rings is 2. The Bertz CT molecular complexity index is 805. The van der Waals surface area contributed by atoms with E-state index in [9.17, 15) is 9.90 Å².